The maximum atomic E-state index is 13.1. The Kier molecular flexibility index (Phi) is 54.4. The molecule has 0 radical (unpaired) electrons. The number of hydrogen-bond acceptors (Lipinski definition) is 8. The van der Waals surface area contributed by atoms with Crippen LogP contribution in [-0.2, 0) is 14.3 Å². The summed E-state index contributed by atoms with van der Waals surface area (Å²) in [5, 5.41) is 54.6. The molecule has 9 heteroatoms. The molecule has 9 nitrogen and oxygen atoms in total. The van der Waals surface area contributed by atoms with Crippen LogP contribution in [0.4, 0.5) is 0 Å². The molecular formula is C71H119NO8. The Morgan fingerprint density at radius 1 is 0.438 bits per heavy atom. The summed E-state index contributed by atoms with van der Waals surface area (Å²) in [5.41, 5.74) is 0. The molecule has 0 aromatic rings. The molecule has 0 bridgehead atoms. The summed E-state index contributed by atoms with van der Waals surface area (Å²) in [6.07, 6.45) is 82.6. The first-order valence-electron chi connectivity index (χ1n) is 32.4. The zero-order valence-electron chi connectivity index (χ0n) is 50.8. The molecule has 0 aliphatic carbocycles. The summed E-state index contributed by atoms with van der Waals surface area (Å²) in [6, 6.07) is -0.864. The molecule has 0 aromatic carbocycles. The minimum Gasteiger partial charge on any atom is -0.394 e. The van der Waals surface area contributed by atoms with Crippen LogP contribution in [0.25, 0.3) is 0 Å². The van der Waals surface area contributed by atoms with Crippen molar-refractivity contribution in [3.05, 3.63) is 134 Å². The molecule has 1 aliphatic heterocycles. The second kappa shape index (κ2) is 58.5. The lowest BCUT2D eigenvalue weighted by Gasteiger charge is -2.40. The van der Waals surface area contributed by atoms with Crippen molar-refractivity contribution in [1.29, 1.82) is 0 Å². The highest BCUT2D eigenvalue weighted by Gasteiger charge is 2.44. The first-order chi connectivity index (χ1) is 39.3. The highest BCUT2D eigenvalue weighted by Crippen LogP contribution is 2.23. The molecule has 0 saturated carbocycles. The second-order valence-corrected chi connectivity index (χ2v) is 21.8. The number of amides is 1. The number of carbonyl (C=O) groups is 1. The van der Waals surface area contributed by atoms with Crippen molar-refractivity contribution in [2.75, 3.05) is 13.2 Å². The van der Waals surface area contributed by atoms with Crippen LogP contribution in [-0.4, -0.2) is 87.5 Å². The van der Waals surface area contributed by atoms with Crippen molar-refractivity contribution in [3.8, 4) is 0 Å². The molecule has 456 valence electrons. The van der Waals surface area contributed by atoms with Gasteiger partial charge in [0.25, 0.3) is 0 Å². The normalized spacial score (nSPS) is 19.4. The summed E-state index contributed by atoms with van der Waals surface area (Å²) in [5.74, 6) is -0.237. The number of aliphatic hydroxyl groups is 5. The van der Waals surface area contributed by atoms with Crippen molar-refractivity contribution in [3.63, 3.8) is 0 Å². The molecule has 1 rings (SSSR count). The monoisotopic (exact) mass is 1110 g/mol. The number of aliphatic hydroxyl groups excluding tert-OH is 5. The molecule has 1 saturated heterocycles. The van der Waals surface area contributed by atoms with E-state index in [9.17, 15) is 30.3 Å². The lowest BCUT2D eigenvalue weighted by Crippen LogP contribution is -2.60. The van der Waals surface area contributed by atoms with Crippen molar-refractivity contribution < 1.29 is 39.8 Å². The van der Waals surface area contributed by atoms with Crippen LogP contribution < -0.4 is 5.32 Å². The quantitative estimate of drug-likeness (QED) is 0.0261. The predicted molar refractivity (Wildman–Crippen MR) is 340 cm³/mol. The molecule has 1 amide bonds. The van der Waals surface area contributed by atoms with Crippen LogP contribution >= 0.6 is 0 Å². The van der Waals surface area contributed by atoms with Crippen molar-refractivity contribution >= 4 is 5.91 Å². The molecule has 7 atom stereocenters. The first-order valence-corrected chi connectivity index (χ1v) is 32.4. The molecule has 1 fully saturated rings. The molecule has 1 aliphatic rings. The number of ether oxygens (including phenoxy) is 2. The van der Waals surface area contributed by atoms with Gasteiger partial charge in [0.2, 0.25) is 5.91 Å². The molecule has 6 N–H and O–H groups in total. The van der Waals surface area contributed by atoms with E-state index in [1.807, 2.05) is 6.08 Å². The summed E-state index contributed by atoms with van der Waals surface area (Å²) in [4.78, 5) is 13.1. The highest BCUT2D eigenvalue weighted by atomic mass is 16.7. The second-order valence-electron chi connectivity index (χ2n) is 21.8. The number of nitrogens with one attached hydrogen (secondary N) is 1. The smallest absolute Gasteiger partial charge is 0.220 e. The van der Waals surface area contributed by atoms with Crippen LogP contribution in [0, 0.1) is 0 Å². The summed E-state index contributed by atoms with van der Waals surface area (Å²) in [6.45, 7) is 3.63. The van der Waals surface area contributed by atoms with Gasteiger partial charge in [-0.2, -0.15) is 0 Å². The number of rotatable bonds is 54. The Labute approximate surface area is 490 Å². The van der Waals surface area contributed by atoms with E-state index >= 15 is 0 Å². The van der Waals surface area contributed by atoms with Gasteiger partial charge in [0.05, 0.1) is 25.4 Å². The van der Waals surface area contributed by atoms with E-state index in [0.29, 0.717) is 12.8 Å². The molecule has 80 heavy (non-hydrogen) atoms. The fourth-order valence-electron chi connectivity index (χ4n) is 9.38. The standard InChI is InChI=1S/C71H119NO8/c1-3-5-7-9-11-13-15-17-19-21-23-25-27-29-31-32-33-35-36-38-40-42-44-46-48-50-52-54-56-58-60-65(74)64(63-79-71-70(78)69(77)68(76)66(62-73)80-71)72-67(75)61-59-57-55-53-51-49-47-45-43-41-39-37-34-30-28-26-24-22-20-18-16-14-12-10-8-6-4-2/h6,8,12,14,18,20,24,26,30,34,39,41-42,44-45,47,50-53,58,60,64-66,68-71,73-74,76-78H,3-5,7,9-11,13,15-17,19,21-23,25,27-29,31-33,35-38,40,43,46,48-49,54-57,59,61-63H2,1-2H3,(H,72,75)/b8-6-,14-12-,20-18-,26-24-,34-30-,41-39-,44-42+,47-45-,52-50+,53-51-,60-58+. The maximum absolute atomic E-state index is 13.1. The zero-order chi connectivity index (χ0) is 57.9. The van der Waals surface area contributed by atoms with E-state index in [1.165, 1.54) is 128 Å². The molecule has 0 spiro atoms. The molecule has 0 aromatic heterocycles. The minimum atomic E-state index is -1.59. The topological polar surface area (TPSA) is 149 Å². The summed E-state index contributed by atoms with van der Waals surface area (Å²) < 4.78 is 11.3. The van der Waals surface area contributed by atoms with Gasteiger partial charge >= 0.3 is 0 Å². The lowest BCUT2D eigenvalue weighted by atomic mass is 9.99. The van der Waals surface area contributed by atoms with Gasteiger partial charge < -0.3 is 40.3 Å². The molecule has 1 heterocycles. The Balaban J connectivity index is 2.27. The third-order valence-electron chi connectivity index (χ3n) is 14.4. The highest BCUT2D eigenvalue weighted by molar-refractivity contribution is 5.76. The van der Waals surface area contributed by atoms with E-state index in [0.717, 1.165) is 89.9 Å². The zero-order valence-corrected chi connectivity index (χ0v) is 50.8. The van der Waals surface area contributed by atoms with Crippen molar-refractivity contribution in [1.82, 2.24) is 5.32 Å². The summed E-state index contributed by atoms with van der Waals surface area (Å²) in [7, 11) is 0. The van der Waals surface area contributed by atoms with Gasteiger partial charge in [0.1, 0.15) is 24.4 Å². The number of hydrogen-bond donors (Lipinski definition) is 6. The SMILES string of the molecule is CC/C=C\C/C=C\C/C=C\C/C=C\C/C=C\C/C=C\C/C=C\C/C=C\CCCCC(=O)NC(COC1OC(CO)C(O)C(O)C1O)C(O)/C=C/CC/C=C/CC/C=C/CCCCCCCCCCCCCCCCCCCCCC. The maximum Gasteiger partial charge on any atom is 0.220 e. The largest absolute Gasteiger partial charge is 0.394 e. The Hall–Kier alpha value is -3.67. The van der Waals surface area contributed by atoms with Gasteiger partial charge in [0, 0.05) is 6.42 Å². The average molecular weight is 1110 g/mol. The third kappa shape index (κ3) is 46.9. The van der Waals surface area contributed by atoms with Crippen LogP contribution in [0.2, 0.25) is 0 Å². The number of unbranched alkanes of at least 4 members (excludes halogenated alkanes) is 24. The summed E-state index contributed by atoms with van der Waals surface area (Å²) >= 11 is 0. The Bertz CT molecular complexity index is 1720. The van der Waals surface area contributed by atoms with Gasteiger partial charge in [-0.3, -0.25) is 4.79 Å². The number of allylic oxidation sites excluding steroid dienone is 21. The number of carbonyl (C=O) groups excluding carboxylic acids is 1. The third-order valence-corrected chi connectivity index (χ3v) is 14.4. The van der Waals surface area contributed by atoms with Gasteiger partial charge in [-0.05, 0) is 109 Å². The minimum absolute atomic E-state index is 0.233. The van der Waals surface area contributed by atoms with Crippen molar-refractivity contribution in [2.24, 2.45) is 0 Å². The van der Waals surface area contributed by atoms with E-state index < -0.39 is 49.5 Å². The molecule has 7 unspecified atom stereocenters. The first kappa shape index (κ1) is 74.3. The van der Waals surface area contributed by atoms with Crippen molar-refractivity contribution in [2.45, 2.75) is 294 Å². The van der Waals surface area contributed by atoms with Crippen LogP contribution in [0.15, 0.2) is 134 Å². The van der Waals surface area contributed by atoms with E-state index in [-0.39, 0.29) is 18.9 Å². The van der Waals surface area contributed by atoms with Gasteiger partial charge in [-0.15, -0.1) is 0 Å². The fourth-order valence-corrected chi connectivity index (χ4v) is 9.38. The van der Waals surface area contributed by atoms with E-state index in [1.54, 1.807) is 6.08 Å². The lowest BCUT2D eigenvalue weighted by molar-refractivity contribution is -0.302. The van der Waals surface area contributed by atoms with Gasteiger partial charge in [-0.1, -0.05) is 270 Å². The van der Waals surface area contributed by atoms with Gasteiger partial charge in [-0.25, -0.2) is 0 Å². The van der Waals surface area contributed by atoms with Crippen LogP contribution in [0.3, 0.4) is 0 Å². The average Bonchev–Trinajstić information content (AvgIpc) is 3.46. The van der Waals surface area contributed by atoms with E-state index in [2.05, 4.69) is 141 Å². The Morgan fingerprint density at radius 2 is 0.787 bits per heavy atom. The van der Waals surface area contributed by atoms with Crippen LogP contribution in [0.1, 0.15) is 251 Å². The predicted octanol–water partition coefficient (Wildman–Crippen LogP) is 17.2. The van der Waals surface area contributed by atoms with E-state index in [4.69, 9.17) is 9.47 Å². The fraction of sp³-hybridized carbons (Fsp3) is 0.676. The van der Waals surface area contributed by atoms with Gasteiger partial charge in [0.15, 0.2) is 6.29 Å². The van der Waals surface area contributed by atoms with Crippen LogP contribution in [0.5, 0.6) is 0 Å². The Morgan fingerprint density at radius 3 is 1.20 bits per heavy atom. The molecular weight excluding hydrogens is 995 g/mol.